The number of esters is 1. The Hall–Kier alpha value is -4.06. The summed E-state index contributed by atoms with van der Waals surface area (Å²) >= 11 is 0. The molecule has 156 valence electrons. The van der Waals surface area contributed by atoms with Crippen molar-refractivity contribution in [2.45, 2.75) is 6.61 Å². The van der Waals surface area contributed by atoms with E-state index in [2.05, 4.69) is 0 Å². The van der Waals surface area contributed by atoms with Crippen LogP contribution in [0.2, 0.25) is 0 Å². The van der Waals surface area contributed by atoms with Crippen LogP contribution in [0, 0.1) is 0 Å². The van der Waals surface area contributed by atoms with Gasteiger partial charge < -0.3 is 14.2 Å². The standard InChI is InChI=1S/C25H22N2O4/c1-29-22-14-8-9-15-23(22)30-18-24(28)31-17-20-16-27(21-12-6-3-7-13-21)26-25(20)19-10-4-2-5-11-19/h2-16H,17-18H2,1H3. The minimum absolute atomic E-state index is 0.0885. The van der Waals surface area contributed by atoms with Crippen LogP contribution in [-0.2, 0) is 16.1 Å². The maximum absolute atomic E-state index is 12.3. The van der Waals surface area contributed by atoms with Crippen LogP contribution in [0.1, 0.15) is 5.56 Å². The fourth-order valence-corrected chi connectivity index (χ4v) is 3.14. The Bertz CT molecular complexity index is 1140. The zero-order valence-electron chi connectivity index (χ0n) is 17.1. The van der Waals surface area contributed by atoms with Gasteiger partial charge in [0.1, 0.15) is 6.61 Å². The van der Waals surface area contributed by atoms with Crippen molar-refractivity contribution in [2.24, 2.45) is 0 Å². The zero-order chi connectivity index (χ0) is 21.5. The third kappa shape index (κ3) is 4.93. The van der Waals surface area contributed by atoms with Gasteiger partial charge in [-0.3, -0.25) is 0 Å². The summed E-state index contributed by atoms with van der Waals surface area (Å²) < 4.78 is 18.0. The molecule has 0 radical (unpaired) electrons. The first-order chi connectivity index (χ1) is 15.2. The van der Waals surface area contributed by atoms with Crippen LogP contribution in [-0.4, -0.2) is 29.5 Å². The molecule has 4 rings (SSSR count). The molecule has 6 nitrogen and oxygen atoms in total. The molecule has 0 atom stereocenters. The van der Waals surface area contributed by atoms with E-state index in [1.54, 1.807) is 23.9 Å². The molecule has 0 amide bonds. The van der Waals surface area contributed by atoms with E-state index in [1.807, 2.05) is 79.0 Å². The van der Waals surface area contributed by atoms with E-state index in [4.69, 9.17) is 19.3 Å². The van der Waals surface area contributed by atoms with E-state index in [0.717, 1.165) is 22.5 Å². The number of hydrogen-bond donors (Lipinski definition) is 0. The molecule has 0 bridgehead atoms. The first-order valence-corrected chi connectivity index (χ1v) is 9.85. The molecule has 0 spiro atoms. The van der Waals surface area contributed by atoms with Gasteiger partial charge in [0, 0.05) is 17.3 Å². The zero-order valence-corrected chi connectivity index (χ0v) is 17.1. The second kappa shape index (κ2) is 9.63. The summed E-state index contributed by atoms with van der Waals surface area (Å²) in [6.45, 7) is -0.126. The fourth-order valence-electron chi connectivity index (χ4n) is 3.14. The van der Waals surface area contributed by atoms with Crippen LogP contribution in [0.15, 0.2) is 91.1 Å². The fraction of sp³-hybridized carbons (Fsp3) is 0.120. The van der Waals surface area contributed by atoms with Crippen molar-refractivity contribution in [3.05, 3.63) is 96.7 Å². The molecule has 3 aromatic carbocycles. The highest BCUT2D eigenvalue weighted by Gasteiger charge is 2.15. The Labute approximate surface area is 180 Å². The Morgan fingerprint density at radius 3 is 2.23 bits per heavy atom. The van der Waals surface area contributed by atoms with Crippen molar-refractivity contribution in [3.8, 4) is 28.4 Å². The van der Waals surface area contributed by atoms with Gasteiger partial charge in [0.2, 0.25) is 0 Å². The molecule has 0 aliphatic heterocycles. The lowest BCUT2D eigenvalue weighted by Gasteiger charge is -2.10. The van der Waals surface area contributed by atoms with E-state index < -0.39 is 5.97 Å². The Kier molecular flexibility index (Phi) is 6.28. The summed E-state index contributed by atoms with van der Waals surface area (Å²) in [7, 11) is 1.55. The van der Waals surface area contributed by atoms with Crippen LogP contribution < -0.4 is 9.47 Å². The van der Waals surface area contributed by atoms with Crippen LogP contribution >= 0.6 is 0 Å². The van der Waals surface area contributed by atoms with Crippen molar-refractivity contribution < 1.29 is 19.0 Å². The summed E-state index contributed by atoms with van der Waals surface area (Å²) in [5, 5.41) is 4.72. The van der Waals surface area contributed by atoms with E-state index in [1.165, 1.54) is 0 Å². The Morgan fingerprint density at radius 2 is 1.52 bits per heavy atom. The molecule has 31 heavy (non-hydrogen) atoms. The number of benzene rings is 3. The van der Waals surface area contributed by atoms with E-state index in [9.17, 15) is 4.79 Å². The van der Waals surface area contributed by atoms with Crippen molar-refractivity contribution in [1.82, 2.24) is 9.78 Å². The second-order valence-corrected chi connectivity index (χ2v) is 6.75. The summed E-state index contributed by atoms with van der Waals surface area (Å²) in [5.41, 5.74) is 3.45. The van der Waals surface area contributed by atoms with Gasteiger partial charge >= 0.3 is 5.97 Å². The van der Waals surface area contributed by atoms with Gasteiger partial charge in [0.05, 0.1) is 18.5 Å². The van der Waals surface area contributed by atoms with Crippen molar-refractivity contribution in [2.75, 3.05) is 13.7 Å². The highest BCUT2D eigenvalue weighted by Crippen LogP contribution is 2.26. The molecular formula is C25H22N2O4. The molecule has 0 unspecified atom stereocenters. The molecule has 0 saturated carbocycles. The van der Waals surface area contributed by atoms with E-state index >= 15 is 0 Å². The van der Waals surface area contributed by atoms with Gasteiger partial charge in [-0.15, -0.1) is 0 Å². The van der Waals surface area contributed by atoms with Crippen molar-refractivity contribution in [1.29, 1.82) is 0 Å². The maximum atomic E-state index is 12.3. The van der Waals surface area contributed by atoms with E-state index in [0.29, 0.717) is 11.5 Å². The first-order valence-electron chi connectivity index (χ1n) is 9.85. The van der Waals surface area contributed by atoms with Gasteiger partial charge in [-0.25, -0.2) is 9.48 Å². The average molecular weight is 414 g/mol. The van der Waals surface area contributed by atoms with Gasteiger partial charge in [-0.05, 0) is 24.3 Å². The highest BCUT2D eigenvalue weighted by atomic mass is 16.6. The predicted octanol–water partition coefficient (Wildman–Crippen LogP) is 4.67. The molecule has 4 aromatic rings. The summed E-state index contributed by atoms with van der Waals surface area (Å²) in [5.74, 6) is 0.576. The topological polar surface area (TPSA) is 62.6 Å². The van der Waals surface area contributed by atoms with Crippen LogP contribution in [0.25, 0.3) is 16.9 Å². The minimum atomic E-state index is -0.475. The van der Waals surface area contributed by atoms with Gasteiger partial charge in [0.25, 0.3) is 0 Å². The molecule has 0 aliphatic rings. The molecule has 1 heterocycles. The molecular weight excluding hydrogens is 392 g/mol. The first kappa shape index (κ1) is 20.2. The predicted molar refractivity (Wildman–Crippen MR) is 117 cm³/mol. The lowest BCUT2D eigenvalue weighted by atomic mass is 10.1. The van der Waals surface area contributed by atoms with Crippen LogP contribution in [0.5, 0.6) is 11.5 Å². The SMILES string of the molecule is COc1ccccc1OCC(=O)OCc1cn(-c2ccccc2)nc1-c1ccccc1. The smallest absolute Gasteiger partial charge is 0.344 e. The molecule has 0 aliphatic carbocycles. The third-order valence-corrected chi connectivity index (χ3v) is 4.66. The van der Waals surface area contributed by atoms with E-state index in [-0.39, 0.29) is 13.2 Å². The monoisotopic (exact) mass is 414 g/mol. The number of aromatic nitrogens is 2. The third-order valence-electron chi connectivity index (χ3n) is 4.66. The van der Waals surface area contributed by atoms with Crippen molar-refractivity contribution in [3.63, 3.8) is 0 Å². The summed E-state index contributed by atoms with van der Waals surface area (Å²) in [6, 6.07) is 26.8. The maximum Gasteiger partial charge on any atom is 0.344 e. The highest BCUT2D eigenvalue weighted by molar-refractivity contribution is 5.71. The lowest BCUT2D eigenvalue weighted by molar-refractivity contribution is -0.147. The minimum Gasteiger partial charge on any atom is -0.493 e. The number of carbonyl (C=O) groups is 1. The number of ether oxygens (including phenoxy) is 3. The van der Waals surface area contributed by atoms with Crippen molar-refractivity contribution >= 4 is 5.97 Å². The molecule has 0 N–H and O–H groups in total. The van der Waals surface area contributed by atoms with Gasteiger partial charge in [-0.1, -0.05) is 60.7 Å². The number of para-hydroxylation sites is 3. The second-order valence-electron chi connectivity index (χ2n) is 6.75. The number of nitrogens with zero attached hydrogens (tertiary/aromatic N) is 2. The molecule has 0 fully saturated rings. The Morgan fingerprint density at radius 1 is 0.871 bits per heavy atom. The number of hydrogen-bond acceptors (Lipinski definition) is 5. The normalized spacial score (nSPS) is 10.5. The lowest BCUT2D eigenvalue weighted by Crippen LogP contribution is -2.15. The van der Waals surface area contributed by atoms with Crippen LogP contribution in [0.4, 0.5) is 0 Å². The summed E-state index contributed by atoms with van der Waals surface area (Å²) in [4.78, 5) is 12.3. The van der Waals surface area contributed by atoms with Gasteiger partial charge in [0.15, 0.2) is 18.1 Å². The number of methoxy groups -OCH3 is 1. The molecule has 0 saturated heterocycles. The van der Waals surface area contributed by atoms with Gasteiger partial charge in [-0.2, -0.15) is 5.10 Å². The quantitative estimate of drug-likeness (QED) is 0.392. The Balaban J connectivity index is 1.48. The number of carbonyl (C=O) groups excluding carboxylic acids is 1. The van der Waals surface area contributed by atoms with Crippen LogP contribution in [0.3, 0.4) is 0 Å². The average Bonchev–Trinajstić information content (AvgIpc) is 3.27. The molecule has 6 heteroatoms. The largest absolute Gasteiger partial charge is 0.493 e. The number of rotatable bonds is 8. The molecule has 1 aromatic heterocycles. The summed E-state index contributed by atoms with van der Waals surface area (Å²) in [6.07, 6.45) is 1.88.